The Morgan fingerprint density at radius 1 is 1.32 bits per heavy atom. The van der Waals surface area contributed by atoms with Gasteiger partial charge in [-0.05, 0) is 43.2 Å². The highest BCUT2D eigenvalue weighted by atomic mass is 32.2. The summed E-state index contributed by atoms with van der Waals surface area (Å²) in [4.78, 5) is 16.2. The zero-order valence-corrected chi connectivity index (χ0v) is 13.2. The van der Waals surface area contributed by atoms with Gasteiger partial charge in [0.25, 0.3) is 0 Å². The van der Waals surface area contributed by atoms with Gasteiger partial charge in [-0.3, -0.25) is 4.79 Å². The summed E-state index contributed by atoms with van der Waals surface area (Å²) in [6.07, 6.45) is 3.58. The van der Waals surface area contributed by atoms with Crippen LogP contribution >= 0.6 is 11.9 Å². The summed E-state index contributed by atoms with van der Waals surface area (Å²) in [5.74, 6) is 0.332. The lowest BCUT2D eigenvalue weighted by Crippen LogP contribution is -2.45. The number of ether oxygens (including phenoxy) is 1. The smallest absolute Gasteiger partial charge is 0.388 e. The fraction of sp³-hybridized carbons (Fsp3) is 0.600. The maximum absolute atomic E-state index is 12.2. The molecule has 1 saturated heterocycles. The van der Waals surface area contributed by atoms with Crippen molar-refractivity contribution in [1.29, 1.82) is 0 Å². The normalized spacial score (nSPS) is 21.2. The van der Waals surface area contributed by atoms with Crippen molar-refractivity contribution in [2.45, 2.75) is 44.1 Å². The second-order valence-corrected chi connectivity index (χ2v) is 7.16. The molecule has 1 aromatic heterocycles. The lowest BCUT2D eigenvalue weighted by atomic mass is 9.63. The van der Waals surface area contributed by atoms with Gasteiger partial charge in [0.2, 0.25) is 5.88 Å². The van der Waals surface area contributed by atoms with Gasteiger partial charge < -0.3 is 4.74 Å². The molecule has 0 amide bonds. The zero-order chi connectivity index (χ0) is 15.7. The molecule has 22 heavy (non-hydrogen) atoms. The number of aromatic nitrogens is 1. The van der Waals surface area contributed by atoms with Gasteiger partial charge in [-0.2, -0.15) is 8.78 Å². The fourth-order valence-electron chi connectivity index (χ4n) is 3.11. The van der Waals surface area contributed by atoms with E-state index in [2.05, 4.69) is 14.0 Å². The Balaban J connectivity index is 1.56. The van der Waals surface area contributed by atoms with E-state index in [4.69, 9.17) is 0 Å². The average molecular weight is 328 g/mol. The molecule has 1 aliphatic heterocycles. The number of Topliss-reactive ketones (excluding diaryl/α,β-unsaturated/α-hetero) is 1. The highest BCUT2D eigenvalue weighted by molar-refractivity contribution is 7.97. The number of aryl methyl sites for hydroxylation is 1. The number of carbonyl (C=O) groups excluding carboxylic acids is 1. The number of rotatable bonds is 4. The summed E-state index contributed by atoms with van der Waals surface area (Å²) >= 11 is 1.60. The van der Waals surface area contributed by atoms with Gasteiger partial charge in [0.15, 0.2) is 0 Å². The first-order valence-electron chi connectivity index (χ1n) is 7.33. The number of hydrogen-bond donors (Lipinski definition) is 0. The third kappa shape index (κ3) is 3.41. The van der Waals surface area contributed by atoms with Crippen molar-refractivity contribution in [3.63, 3.8) is 0 Å². The van der Waals surface area contributed by atoms with Crippen molar-refractivity contribution in [1.82, 2.24) is 9.29 Å². The number of ketones is 1. The number of pyridine rings is 1. The van der Waals surface area contributed by atoms with Gasteiger partial charge in [0, 0.05) is 36.9 Å². The van der Waals surface area contributed by atoms with Crippen molar-refractivity contribution in [3.8, 4) is 5.88 Å². The molecular formula is C15H18F2N2O2S. The van der Waals surface area contributed by atoms with Gasteiger partial charge in [0.05, 0.1) is 5.69 Å². The quantitative estimate of drug-likeness (QED) is 0.792. The minimum Gasteiger partial charge on any atom is -0.417 e. The molecule has 2 aliphatic rings. The number of nitrogens with zero attached hydrogens (tertiary/aromatic N) is 2. The molecule has 3 rings (SSSR count). The van der Waals surface area contributed by atoms with E-state index < -0.39 is 6.61 Å². The van der Waals surface area contributed by atoms with E-state index in [1.807, 2.05) is 0 Å². The summed E-state index contributed by atoms with van der Waals surface area (Å²) in [5.41, 5.74) is 0.943. The van der Waals surface area contributed by atoms with Crippen LogP contribution in [0.15, 0.2) is 17.0 Å². The predicted molar refractivity (Wildman–Crippen MR) is 78.9 cm³/mol. The third-order valence-electron chi connectivity index (χ3n) is 4.38. The van der Waals surface area contributed by atoms with Gasteiger partial charge in [-0.15, -0.1) is 0 Å². The summed E-state index contributed by atoms with van der Waals surface area (Å²) in [6.45, 7) is 0.810. The van der Waals surface area contributed by atoms with Crippen molar-refractivity contribution in [3.05, 3.63) is 17.8 Å². The number of hydrogen-bond acceptors (Lipinski definition) is 5. The highest BCUT2D eigenvalue weighted by Crippen LogP contribution is 2.48. The molecule has 2 heterocycles. The molecule has 7 heteroatoms. The van der Waals surface area contributed by atoms with Crippen molar-refractivity contribution < 1.29 is 18.3 Å². The van der Waals surface area contributed by atoms with E-state index in [1.165, 1.54) is 6.07 Å². The molecule has 0 N–H and O–H groups in total. The van der Waals surface area contributed by atoms with Gasteiger partial charge in [0.1, 0.15) is 5.78 Å². The first-order valence-corrected chi connectivity index (χ1v) is 8.10. The van der Waals surface area contributed by atoms with Gasteiger partial charge >= 0.3 is 6.61 Å². The Morgan fingerprint density at radius 2 is 2.00 bits per heavy atom. The summed E-state index contributed by atoms with van der Waals surface area (Å²) in [7, 11) is 0. The summed E-state index contributed by atoms with van der Waals surface area (Å²) < 4.78 is 30.9. The average Bonchev–Trinajstić information content (AvgIpc) is 2.42. The minimum atomic E-state index is -2.85. The van der Waals surface area contributed by atoms with E-state index in [-0.39, 0.29) is 11.3 Å². The molecule has 1 spiro atoms. The second kappa shape index (κ2) is 6.12. The first-order chi connectivity index (χ1) is 10.5. The molecule has 0 radical (unpaired) electrons. The SMILES string of the molecule is Cc1nc(OC(F)F)ccc1SN1CCC2(CC1)CC(=O)C2. The third-order valence-corrected chi connectivity index (χ3v) is 5.63. The molecule has 0 aromatic carbocycles. The van der Waals surface area contributed by atoms with E-state index in [1.54, 1.807) is 24.9 Å². The van der Waals surface area contributed by atoms with Gasteiger partial charge in [-0.1, -0.05) is 0 Å². The lowest BCUT2D eigenvalue weighted by Gasteiger charge is -2.46. The van der Waals surface area contributed by atoms with Crippen molar-refractivity contribution in [2.75, 3.05) is 13.1 Å². The molecule has 1 aliphatic carbocycles. The number of carbonyl (C=O) groups is 1. The van der Waals surface area contributed by atoms with E-state index in [0.29, 0.717) is 11.5 Å². The van der Waals surface area contributed by atoms with E-state index >= 15 is 0 Å². The van der Waals surface area contributed by atoms with Crippen LogP contribution in [0.2, 0.25) is 0 Å². The van der Waals surface area contributed by atoms with Crippen molar-refractivity contribution >= 4 is 17.7 Å². The zero-order valence-electron chi connectivity index (χ0n) is 12.3. The molecule has 0 atom stereocenters. The maximum Gasteiger partial charge on any atom is 0.388 e. The molecule has 2 fully saturated rings. The fourth-order valence-corrected chi connectivity index (χ4v) is 4.06. The molecule has 120 valence electrons. The highest BCUT2D eigenvalue weighted by Gasteiger charge is 2.45. The Morgan fingerprint density at radius 3 is 2.55 bits per heavy atom. The second-order valence-electron chi connectivity index (χ2n) is 6.02. The Hall–Kier alpha value is -1.21. The van der Waals surface area contributed by atoms with E-state index in [0.717, 1.165) is 43.7 Å². The predicted octanol–water partition coefficient (Wildman–Crippen LogP) is 3.44. The molecule has 0 bridgehead atoms. The van der Waals surface area contributed by atoms with Crippen LogP contribution in [0.1, 0.15) is 31.4 Å². The maximum atomic E-state index is 12.2. The Kier molecular flexibility index (Phi) is 4.36. The largest absolute Gasteiger partial charge is 0.417 e. The van der Waals surface area contributed by atoms with Gasteiger partial charge in [-0.25, -0.2) is 9.29 Å². The van der Waals surface area contributed by atoms with Crippen LogP contribution in [-0.2, 0) is 4.79 Å². The molecule has 1 saturated carbocycles. The number of alkyl halides is 2. The standard InChI is InChI=1S/C15H18F2N2O2S/c1-10-12(2-3-13(18-10)21-14(16)17)22-19-6-4-15(5-7-19)8-11(20)9-15/h2-3,14H,4-9H2,1H3. The van der Waals surface area contributed by atoms with Crippen LogP contribution in [0.3, 0.4) is 0 Å². The Bertz CT molecular complexity index is 565. The van der Waals surface area contributed by atoms with Crippen LogP contribution in [0.25, 0.3) is 0 Å². The topological polar surface area (TPSA) is 42.4 Å². The number of piperidine rings is 1. The molecule has 1 aromatic rings. The summed E-state index contributed by atoms with van der Waals surface area (Å²) in [6, 6.07) is 3.24. The summed E-state index contributed by atoms with van der Waals surface area (Å²) in [5, 5.41) is 0. The van der Waals surface area contributed by atoms with Crippen LogP contribution in [0.4, 0.5) is 8.78 Å². The van der Waals surface area contributed by atoms with Crippen LogP contribution < -0.4 is 4.74 Å². The monoisotopic (exact) mass is 328 g/mol. The number of halogens is 2. The lowest BCUT2D eigenvalue weighted by molar-refractivity contribution is -0.134. The molecule has 0 unspecified atom stereocenters. The van der Waals surface area contributed by atoms with Crippen LogP contribution in [0.5, 0.6) is 5.88 Å². The first kappa shape index (κ1) is 15.7. The van der Waals surface area contributed by atoms with E-state index in [9.17, 15) is 13.6 Å². The minimum absolute atomic E-state index is 0.0533. The van der Waals surface area contributed by atoms with Crippen LogP contribution in [0, 0.1) is 12.3 Å². The Labute approximate surface area is 132 Å². The van der Waals surface area contributed by atoms with Crippen molar-refractivity contribution in [2.24, 2.45) is 5.41 Å². The molecule has 4 nitrogen and oxygen atoms in total. The van der Waals surface area contributed by atoms with Crippen LogP contribution in [-0.4, -0.2) is 34.8 Å². The molecular weight excluding hydrogens is 310 g/mol.